The summed E-state index contributed by atoms with van der Waals surface area (Å²) >= 11 is 0. The molecule has 1 radical (unpaired) electrons. The van der Waals surface area contributed by atoms with E-state index in [2.05, 4.69) is 19.9 Å². The summed E-state index contributed by atoms with van der Waals surface area (Å²) in [6, 6.07) is 6.02. The molecule has 1 aromatic rings. The maximum Gasteiger partial charge on any atom is 0.125 e. The normalized spacial score (nSPS) is 9.73. The predicted octanol–water partition coefficient (Wildman–Crippen LogP) is 2.44. The Morgan fingerprint density at radius 1 is 1.45 bits per heavy atom. The van der Waals surface area contributed by atoms with Crippen LogP contribution in [-0.2, 0) is 6.42 Å². The quantitative estimate of drug-likeness (QED) is 0.627. The van der Waals surface area contributed by atoms with Crippen LogP contribution in [0, 0.1) is 6.92 Å². The van der Waals surface area contributed by atoms with Gasteiger partial charge in [-0.3, -0.25) is 0 Å². The maximum atomic E-state index is 5.20. The van der Waals surface area contributed by atoms with Crippen LogP contribution in [0.3, 0.4) is 0 Å². The monoisotopic (exact) mass is 149 g/mol. The highest BCUT2D eigenvalue weighted by Gasteiger charge is 2.01. The van der Waals surface area contributed by atoms with Gasteiger partial charge in [0, 0.05) is 0 Å². The highest BCUT2D eigenvalue weighted by Crippen LogP contribution is 2.22. The number of hydrogen-bond donors (Lipinski definition) is 0. The summed E-state index contributed by atoms with van der Waals surface area (Å²) in [7, 11) is 1.68. The van der Waals surface area contributed by atoms with Crippen molar-refractivity contribution in [1.29, 1.82) is 0 Å². The molecule has 1 rings (SSSR count). The lowest BCUT2D eigenvalue weighted by atomic mass is 10.1. The van der Waals surface area contributed by atoms with Gasteiger partial charge in [-0.1, -0.05) is 25.1 Å². The summed E-state index contributed by atoms with van der Waals surface area (Å²) < 4.78 is 5.20. The zero-order valence-electron chi connectivity index (χ0n) is 7.05. The van der Waals surface area contributed by atoms with E-state index in [-0.39, 0.29) is 0 Å². The fraction of sp³-hybridized carbons (Fsp3) is 0.300. The average Bonchev–Trinajstić information content (AvgIpc) is 2.04. The third kappa shape index (κ3) is 1.53. The molecule has 11 heavy (non-hydrogen) atoms. The van der Waals surface area contributed by atoms with Gasteiger partial charge in [0.05, 0.1) is 7.11 Å². The Balaban J connectivity index is 3.13. The number of hydrogen-bond acceptors (Lipinski definition) is 1. The van der Waals surface area contributed by atoms with Crippen LogP contribution < -0.4 is 4.74 Å². The molecule has 0 aliphatic carbocycles. The molecule has 0 bridgehead atoms. The molecule has 0 heterocycles. The molecule has 0 aliphatic heterocycles. The van der Waals surface area contributed by atoms with E-state index in [0.29, 0.717) is 0 Å². The summed E-state index contributed by atoms with van der Waals surface area (Å²) in [5.74, 6) is 0.926. The molecule has 0 atom stereocenters. The molecule has 1 aromatic carbocycles. The molecule has 0 saturated heterocycles. The molecule has 0 saturated carbocycles. The Labute approximate surface area is 68.0 Å². The highest BCUT2D eigenvalue weighted by atomic mass is 16.5. The lowest BCUT2D eigenvalue weighted by Crippen LogP contribution is -1.92. The first kappa shape index (κ1) is 8.12. The van der Waals surface area contributed by atoms with Crippen molar-refractivity contribution >= 4 is 0 Å². The average molecular weight is 149 g/mol. The fourth-order valence-electron chi connectivity index (χ4n) is 1.18. The second kappa shape index (κ2) is 3.42. The Morgan fingerprint density at radius 2 is 2.18 bits per heavy atom. The first-order chi connectivity index (χ1) is 5.29. The van der Waals surface area contributed by atoms with Crippen LogP contribution >= 0.6 is 0 Å². The van der Waals surface area contributed by atoms with Crippen molar-refractivity contribution in [1.82, 2.24) is 0 Å². The fourth-order valence-corrected chi connectivity index (χ4v) is 1.18. The Hall–Kier alpha value is -0.980. The largest absolute Gasteiger partial charge is 0.496 e. The second-order valence-electron chi connectivity index (χ2n) is 2.46. The molecule has 1 heteroatoms. The van der Waals surface area contributed by atoms with Crippen LogP contribution in [0.1, 0.15) is 18.1 Å². The number of ether oxygens (including phenoxy) is 1. The molecular weight excluding hydrogens is 136 g/mol. The topological polar surface area (TPSA) is 9.23 Å². The van der Waals surface area contributed by atoms with E-state index in [4.69, 9.17) is 4.74 Å². The first-order valence-electron chi connectivity index (χ1n) is 3.77. The van der Waals surface area contributed by atoms with E-state index in [1.807, 2.05) is 12.1 Å². The number of aryl methyl sites for hydroxylation is 1. The van der Waals surface area contributed by atoms with E-state index in [1.165, 1.54) is 5.56 Å². The van der Waals surface area contributed by atoms with Crippen molar-refractivity contribution in [2.75, 3.05) is 7.11 Å². The molecule has 0 amide bonds. The van der Waals surface area contributed by atoms with Crippen molar-refractivity contribution in [2.24, 2.45) is 0 Å². The van der Waals surface area contributed by atoms with Crippen LogP contribution in [0.5, 0.6) is 5.75 Å². The number of rotatable bonds is 2. The van der Waals surface area contributed by atoms with Gasteiger partial charge in [0.2, 0.25) is 0 Å². The minimum atomic E-state index is 0.926. The third-order valence-electron chi connectivity index (χ3n) is 1.76. The van der Waals surface area contributed by atoms with Crippen molar-refractivity contribution in [3.8, 4) is 5.75 Å². The summed E-state index contributed by atoms with van der Waals surface area (Å²) in [5.41, 5.74) is 2.19. The van der Waals surface area contributed by atoms with Gasteiger partial charge in [-0.2, -0.15) is 0 Å². The number of methoxy groups -OCH3 is 1. The standard InChI is InChI=1S/C10H13O/c1-4-9-7-5-6-8(2)10(9)11-3/h5-7H,2,4H2,1,3H3. The van der Waals surface area contributed by atoms with E-state index < -0.39 is 0 Å². The minimum Gasteiger partial charge on any atom is -0.496 e. The minimum absolute atomic E-state index is 0.926. The van der Waals surface area contributed by atoms with E-state index >= 15 is 0 Å². The zero-order chi connectivity index (χ0) is 8.27. The lowest BCUT2D eigenvalue weighted by molar-refractivity contribution is 0.408. The molecule has 0 aromatic heterocycles. The van der Waals surface area contributed by atoms with Crippen molar-refractivity contribution in [2.45, 2.75) is 13.3 Å². The van der Waals surface area contributed by atoms with Gasteiger partial charge >= 0.3 is 0 Å². The molecule has 0 fully saturated rings. The van der Waals surface area contributed by atoms with Crippen LogP contribution in [0.25, 0.3) is 0 Å². The molecule has 59 valence electrons. The summed E-state index contributed by atoms with van der Waals surface area (Å²) in [6.45, 7) is 5.98. The van der Waals surface area contributed by atoms with E-state index in [1.54, 1.807) is 7.11 Å². The van der Waals surface area contributed by atoms with Gasteiger partial charge in [0.25, 0.3) is 0 Å². The van der Waals surface area contributed by atoms with Crippen molar-refractivity contribution < 1.29 is 4.74 Å². The van der Waals surface area contributed by atoms with Crippen LogP contribution in [-0.4, -0.2) is 7.11 Å². The lowest BCUT2D eigenvalue weighted by Gasteiger charge is -2.08. The predicted molar refractivity (Wildman–Crippen MR) is 46.8 cm³/mol. The maximum absolute atomic E-state index is 5.20. The van der Waals surface area contributed by atoms with Gasteiger partial charge in [-0.25, -0.2) is 0 Å². The van der Waals surface area contributed by atoms with E-state index in [9.17, 15) is 0 Å². The van der Waals surface area contributed by atoms with Crippen LogP contribution in [0.15, 0.2) is 18.2 Å². The van der Waals surface area contributed by atoms with Gasteiger partial charge in [0.1, 0.15) is 5.75 Å². The highest BCUT2D eigenvalue weighted by molar-refractivity contribution is 5.42. The van der Waals surface area contributed by atoms with Gasteiger partial charge in [0.15, 0.2) is 0 Å². The Bertz CT molecular complexity index is 241. The molecule has 0 spiro atoms. The first-order valence-corrected chi connectivity index (χ1v) is 3.77. The Morgan fingerprint density at radius 3 is 2.64 bits per heavy atom. The number of benzene rings is 1. The van der Waals surface area contributed by atoms with Gasteiger partial charge in [-0.05, 0) is 24.5 Å². The smallest absolute Gasteiger partial charge is 0.125 e. The molecular formula is C10H13O. The van der Waals surface area contributed by atoms with Crippen molar-refractivity contribution in [3.05, 3.63) is 36.2 Å². The van der Waals surface area contributed by atoms with Crippen LogP contribution in [0.2, 0.25) is 0 Å². The second-order valence-corrected chi connectivity index (χ2v) is 2.46. The van der Waals surface area contributed by atoms with Gasteiger partial charge < -0.3 is 4.74 Å². The summed E-state index contributed by atoms with van der Waals surface area (Å²) in [4.78, 5) is 0. The summed E-state index contributed by atoms with van der Waals surface area (Å²) in [6.07, 6.45) is 0.993. The van der Waals surface area contributed by atoms with E-state index in [0.717, 1.165) is 17.7 Å². The van der Waals surface area contributed by atoms with Crippen molar-refractivity contribution in [3.63, 3.8) is 0 Å². The molecule has 1 nitrogen and oxygen atoms in total. The number of para-hydroxylation sites is 1. The zero-order valence-corrected chi connectivity index (χ0v) is 7.05. The SMILES string of the molecule is [CH2]c1cccc(CC)c1OC. The van der Waals surface area contributed by atoms with Gasteiger partial charge in [-0.15, -0.1) is 0 Å². The Kier molecular flexibility index (Phi) is 2.53. The molecule has 0 N–H and O–H groups in total. The van der Waals surface area contributed by atoms with Crippen LogP contribution in [0.4, 0.5) is 0 Å². The molecule has 0 aliphatic rings. The molecule has 0 unspecified atom stereocenters. The summed E-state index contributed by atoms with van der Waals surface area (Å²) in [5, 5.41) is 0. The third-order valence-corrected chi connectivity index (χ3v) is 1.76.